The lowest BCUT2D eigenvalue weighted by Crippen LogP contribution is -2.42. The maximum atomic E-state index is 10.9. The van der Waals surface area contributed by atoms with Crippen LogP contribution in [0.25, 0.3) is 0 Å². The van der Waals surface area contributed by atoms with Gasteiger partial charge in [0.2, 0.25) is 0 Å². The number of rotatable bonds is 2. The zero-order valence-electron chi connectivity index (χ0n) is 7.68. The Morgan fingerprint density at radius 3 is 2.62 bits per heavy atom. The standard InChI is InChI=1S/C8H14BNO3/c1-9(13)10-5-2-3-7(10)6(4-5)8(11)12/h5-7,13H,2-4H2,1H3,(H,11,12). The number of aliphatic carboxylic acids is 1. The molecule has 3 atom stereocenters. The molecule has 5 heteroatoms. The molecule has 0 spiro atoms. The largest absolute Gasteiger partial charge is 0.481 e. The van der Waals surface area contributed by atoms with Crippen LogP contribution in [-0.2, 0) is 4.79 Å². The van der Waals surface area contributed by atoms with Crippen LogP contribution in [-0.4, -0.2) is 40.0 Å². The van der Waals surface area contributed by atoms with E-state index in [9.17, 15) is 9.82 Å². The van der Waals surface area contributed by atoms with Crippen molar-refractivity contribution in [3.05, 3.63) is 0 Å². The normalized spacial score (nSPS) is 38.2. The highest BCUT2D eigenvalue weighted by Gasteiger charge is 2.51. The molecule has 13 heavy (non-hydrogen) atoms. The van der Waals surface area contributed by atoms with Gasteiger partial charge in [0.05, 0.1) is 5.92 Å². The van der Waals surface area contributed by atoms with Gasteiger partial charge in [0, 0.05) is 12.1 Å². The molecule has 3 unspecified atom stereocenters. The van der Waals surface area contributed by atoms with Crippen LogP contribution in [0.3, 0.4) is 0 Å². The fourth-order valence-electron chi connectivity index (χ4n) is 2.88. The van der Waals surface area contributed by atoms with E-state index in [1.54, 1.807) is 6.82 Å². The zero-order chi connectivity index (χ0) is 9.59. The SMILES string of the molecule is CB(O)N1C2CCC1C(C(=O)O)C2. The summed E-state index contributed by atoms with van der Waals surface area (Å²) in [7, 11) is -0.498. The Hall–Kier alpha value is -0.545. The van der Waals surface area contributed by atoms with Gasteiger partial charge in [-0.3, -0.25) is 4.79 Å². The summed E-state index contributed by atoms with van der Waals surface area (Å²) in [5.41, 5.74) is 0. The number of hydrogen-bond donors (Lipinski definition) is 2. The van der Waals surface area contributed by atoms with E-state index in [0.717, 1.165) is 12.8 Å². The topological polar surface area (TPSA) is 60.8 Å². The van der Waals surface area contributed by atoms with Gasteiger partial charge in [0.15, 0.2) is 0 Å². The first-order valence-electron chi connectivity index (χ1n) is 4.79. The summed E-state index contributed by atoms with van der Waals surface area (Å²) in [5, 5.41) is 18.4. The molecule has 2 bridgehead atoms. The minimum atomic E-state index is -0.710. The number of carboxylic acids is 1. The summed E-state index contributed by atoms with van der Waals surface area (Å²) >= 11 is 0. The van der Waals surface area contributed by atoms with E-state index >= 15 is 0 Å². The number of carbonyl (C=O) groups is 1. The zero-order valence-corrected chi connectivity index (χ0v) is 7.68. The van der Waals surface area contributed by atoms with E-state index in [4.69, 9.17) is 5.11 Å². The van der Waals surface area contributed by atoms with Gasteiger partial charge in [0.1, 0.15) is 0 Å². The highest BCUT2D eigenvalue weighted by Crippen LogP contribution is 2.41. The molecule has 0 amide bonds. The molecule has 72 valence electrons. The van der Waals surface area contributed by atoms with E-state index in [0.29, 0.717) is 12.5 Å². The summed E-state index contributed by atoms with van der Waals surface area (Å²) in [4.78, 5) is 12.8. The Kier molecular flexibility index (Phi) is 2.08. The fourth-order valence-corrected chi connectivity index (χ4v) is 2.88. The third kappa shape index (κ3) is 1.26. The molecule has 0 aliphatic carbocycles. The van der Waals surface area contributed by atoms with Crippen molar-refractivity contribution in [1.29, 1.82) is 0 Å². The first-order valence-corrected chi connectivity index (χ1v) is 4.79. The number of fused-ring (bicyclic) bond motifs is 2. The molecule has 2 heterocycles. The molecule has 2 rings (SSSR count). The smallest absolute Gasteiger partial charge is 0.376 e. The van der Waals surface area contributed by atoms with Crippen LogP contribution in [0.15, 0.2) is 0 Å². The third-order valence-corrected chi connectivity index (χ3v) is 3.34. The number of hydrogen-bond acceptors (Lipinski definition) is 3. The van der Waals surface area contributed by atoms with E-state index in [1.165, 1.54) is 0 Å². The molecule has 2 N–H and O–H groups in total. The molecule has 2 aliphatic heterocycles. The van der Waals surface area contributed by atoms with Crippen molar-refractivity contribution in [2.75, 3.05) is 0 Å². The Balaban J connectivity index is 2.15. The van der Waals surface area contributed by atoms with Crippen molar-refractivity contribution >= 4 is 13.0 Å². The second kappa shape index (κ2) is 2.99. The van der Waals surface area contributed by atoms with Crippen molar-refractivity contribution in [2.24, 2.45) is 5.92 Å². The number of nitrogens with zero attached hydrogens (tertiary/aromatic N) is 1. The van der Waals surface area contributed by atoms with Gasteiger partial charge >= 0.3 is 13.0 Å². The maximum Gasteiger partial charge on any atom is 0.376 e. The second-order valence-corrected chi connectivity index (χ2v) is 4.06. The van der Waals surface area contributed by atoms with Crippen molar-refractivity contribution in [1.82, 2.24) is 4.81 Å². The monoisotopic (exact) mass is 183 g/mol. The summed E-state index contributed by atoms with van der Waals surface area (Å²) in [5.74, 6) is -0.966. The molecule has 2 aliphatic rings. The molecule has 0 aromatic rings. The van der Waals surface area contributed by atoms with E-state index in [2.05, 4.69) is 0 Å². The van der Waals surface area contributed by atoms with Gasteiger partial charge in [-0.25, -0.2) is 0 Å². The average Bonchev–Trinajstić information content (AvgIpc) is 2.58. The van der Waals surface area contributed by atoms with Crippen LogP contribution in [0, 0.1) is 5.92 Å². The molecule has 2 fully saturated rings. The van der Waals surface area contributed by atoms with Crippen molar-refractivity contribution in [2.45, 2.75) is 38.2 Å². The van der Waals surface area contributed by atoms with Crippen LogP contribution in [0.4, 0.5) is 0 Å². The fraction of sp³-hybridized carbons (Fsp3) is 0.875. The van der Waals surface area contributed by atoms with Gasteiger partial charge < -0.3 is 14.9 Å². The predicted molar refractivity (Wildman–Crippen MR) is 48.2 cm³/mol. The van der Waals surface area contributed by atoms with Gasteiger partial charge in [-0.05, 0) is 26.1 Å². The molecule has 0 aromatic carbocycles. The van der Waals surface area contributed by atoms with E-state index < -0.39 is 13.0 Å². The Morgan fingerprint density at radius 2 is 2.23 bits per heavy atom. The highest BCUT2D eigenvalue weighted by molar-refractivity contribution is 6.45. The first-order chi connectivity index (χ1) is 6.11. The molecule has 4 nitrogen and oxygen atoms in total. The molecule has 0 saturated carbocycles. The quantitative estimate of drug-likeness (QED) is 0.593. The first kappa shape index (κ1) is 9.03. The molecular formula is C8H14BNO3. The summed E-state index contributed by atoms with van der Waals surface area (Å²) in [6.07, 6.45) is 2.68. The van der Waals surface area contributed by atoms with Gasteiger partial charge in [-0.1, -0.05) is 0 Å². The maximum absolute atomic E-state index is 10.9. The van der Waals surface area contributed by atoms with E-state index in [-0.39, 0.29) is 12.0 Å². The van der Waals surface area contributed by atoms with Crippen LogP contribution < -0.4 is 0 Å². The van der Waals surface area contributed by atoms with Crippen molar-refractivity contribution in [3.63, 3.8) is 0 Å². The van der Waals surface area contributed by atoms with Crippen LogP contribution >= 0.6 is 0 Å². The van der Waals surface area contributed by atoms with Crippen LogP contribution in [0.2, 0.25) is 6.82 Å². The Labute approximate surface area is 77.7 Å². The van der Waals surface area contributed by atoms with Crippen LogP contribution in [0.1, 0.15) is 19.3 Å². The van der Waals surface area contributed by atoms with Gasteiger partial charge in [-0.2, -0.15) is 0 Å². The van der Waals surface area contributed by atoms with Crippen molar-refractivity contribution in [3.8, 4) is 0 Å². The van der Waals surface area contributed by atoms with Gasteiger partial charge in [-0.15, -0.1) is 0 Å². The Morgan fingerprint density at radius 1 is 1.54 bits per heavy atom. The van der Waals surface area contributed by atoms with Crippen LogP contribution in [0.5, 0.6) is 0 Å². The molecule has 2 saturated heterocycles. The predicted octanol–water partition coefficient (Wildman–Crippen LogP) is 0.0342. The van der Waals surface area contributed by atoms with E-state index in [1.807, 2.05) is 4.81 Å². The Bertz CT molecular complexity index is 233. The second-order valence-electron chi connectivity index (χ2n) is 4.06. The minimum absolute atomic E-state index is 0.0718. The summed E-state index contributed by atoms with van der Waals surface area (Å²) < 4.78 is 0. The lowest BCUT2D eigenvalue weighted by molar-refractivity contribution is -0.142. The minimum Gasteiger partial charge on any atom is -0.481 e. The molecule has 0 radical (unpaired) electrons. The lowest BCUT2D eigenvalue weighted by atomic mass is 9.83. The molecule has 0 aromatic heterocycles. The van der Waals surface area contributed by atoms with Gasteiger partial charge in [0.25, 0.3) is 0 Å². The third-order valence-electron chi connectivity index (χ3n) is 3.34. The summed E-state index contributed by atoms with van der Waals surface area (Å²) in [6.45, 7) is 1.72. The van der Waals surface area contributed by atoms with Crippen molar-refractivity contribution < 1.29 is 14.9 Å². The molecular weight excluding hydrogens is 169 g/mol. The highest BCUT2D eigenvalue weighted by atomic mass is 16.4. The summed E-state index contributed by atoms with van der Waals surface area (Å²) in [6, 6.07) is 0.369. The number of carboxylic acid groups (broad SMARTS) is 1. The average molecular weight is 183 g/mol. The lowest BCUT2D eigenvalue weighted by Gasteiger charge is -2.23.